The fourth-order valence-electron chi connectivity index (χ4n) is 2.28. The number of carbonyl (C=O) groups excluding carboxylic acids is 1. The Kier molecular flexibility index (Phi) is 3.99. The first-order valence-corrected chi connectivity index (χ1v) is 6.92. The summed E-state index contributed by atoms with van der Waals surface area (Å²) in [6.45, 7) is 6.49. The van der Waals surface area contributed by atoms with Crippen LogP contribution in [0, 0.1) is 0 Å². The molecule has 1 amide bonds. The number of rotatable bonds is 1. The van der Waals surface area contributed by atoms with E-state index in [9.17, 15) is 9.90 Å². The van der Waals surface area contributed by atoms with Crippen molar-refractivity contribution >= 4 is 6.09 Å². The summed E-state index contributed by atoms with van der Waals surface area (Å²) < 4.78 is 5.34. The summed E-state index contributed by atoms with van der Waals surface area (Å²) in [5, 5.41) is 10.6. The molecule has 20 heavy (non-hydrogen) atoms. The molecule has 1 saturated heterocycles. The minimum Gasteiger partial charge on any atom is -0.444 e. The van der Waals surface area contributed by atoms with Crippen LogP contribution < -0.4 is 0 Å². The van der Waals surface area contributed by atoms with E-state index in [-0.39, 0.29) is 6.09 Å². The molecule has 0 aromatic carbocycles. The van der Waals surface area contributed by atoms with E-state index < -0.39 is 11.2 Å². The van der Waals surface area contributed by atoms with Crippen molar-refractivity contribution in [2.24, 2.45) is 0 Å². The highest BCUT2D eigenvalue weighted by molar-refractivity contribution is 5.68. The third-order valence-corrected chi connectivity index (χ3v) is 3.38. The second-order valence-electron chi connectivity index (χ2n) is 6.21. The molecule has 1 aliphatic rings. The monoisotopic (exact) mass is 278 g/mol. The number of pyridine rings is 1. The normalized spacial score (nSPS) is 18.7. The number of aliphatic hydroxyl groups is 1. The molecule has 0 bridgehead atoms. The minimum absolute atomic E-state index is 0.319. The second kappa shape index (κ2) is 5.40. The topological polar surface area (TPSA) is 62.7 Å². The Morgan fingerprint density at radius 3 is 2.50 bits per heavy atom. The van der Waals surface area contributed by atoms with Gasteiger partial charge in [-0.2, -0.15) is 0 Å². The van der Waals surface area contributed by atoms with Crippen LogP contribution in [0.2, 0.25) is 0 Å². The summed E-state index contributed by atoms with van der Waals surface area (Å²) in [4.78, 5) is 17.8. The van der Waals surface area contributed by atoms with Crippen molar-refractivity contribution < 1.29 is 14.6 Å². The van der Waals surface area contributed by atoms with E-state index in [1.54, 1.807) is 11.1 Å². The van der Waals surface area contributed by atoms with Crippen LogP contribution in [0.25, 0.3) is 0 Å². The molecule has 1 aromatic heterocycles. The van der Waals surface area contributed by atoms with E-state index >= 15 is 0 Å². The summed E-state index contributed by atoms with van der Waals surface area (Å²) in [6, 6.07) is 5.51. The minimum atomic E-state index is -0.945. The van der Waals surface area contributed by atoms with Crippen LogP contribution in [0.1, 0.15) is 39.3 Å². The Bertz CT molecular complexity index is 460. The molecule has 1 aromatic rings. The fraction of sp³-hybridized carbons (Fsp3) is 0.600. The smallest absolute Gasteiger partial charge is 0.410 e. The lowest BCUT2D eigenvalue weighted by molar-refractivity contribution is -0.0381. The lowest BCUT2D eigenvalue weighted by Gasteiger charge is -2.38. The molecule has 2 heterocycles. The Labute approximate surface area is 119 Å². The zero-order chi connectivity index (χ0) is 14.8. The van der Waals surface area contributed by atoms with E-state index in [1.165, 1.54) is 0 Å². The van der Waals surface area contributed by atoms with Gasteiger partial charge in [0.2, 0.25) is 0 Å². The molecule has 1 fully saturated rings. The standard InChI is InChI=1S/C15H22N2O3/c1-14(2,3)20-13(18)17-10-7-15(19,8-11-17)12-6-4-5-9-16-12/h4-6,9,19H,7-8,10-11H2,1-3H3. The zero-order valence-corrected chi connectivity index (χ0v) is 12.3. The van der Waals surface area contributed by atoms with Crippen LogP contribution >= 0.6 is 0 Å². The molecule has 2 rings (SSSR count). The van der Waals surface area contributed by atoms with Crippen molar-refractivity contribution in [3.8, 4) is 0 Å². The van der Waals surface area contributed by atoms with Crippen LogP contribution in [-0.2, 0) is 10.3 Å². The van der Waals surface area contributed by atoms with Gasteiger partial charge in [-0.3, -0.25) is 4.98 Å². The first kappa shape index (κ1) is 14.8. The molecule has 110 valence electrons. The average molecular weight is 278 g/mol. The van der Waals surface area contributed by atoms with Gasteiger partial charge in [0, 0.05) is 19.3 Å². The van der Waals surface area contributed by atoms with Gasteiger partial charge in [0.1, 0.15) is 11.2 Å². The van der Waals surface area contributed by atoms with Gasteiger partial charge in [-0.25, -0.2) is 4.79 Å². The third-order valence-electron chi connectivity index (χ3n) is 3.38. The second-order valence-corrected chi connectivity index (χ2v) is 6.21. The number of piperidine rings is 1. The molecule has 0 saturated carbocycles. The molecule has 0 radical (unpaired) electrons. The molecule has 0 atom stereocenters. The maximum Gasteiger partial charge on any atom is 0.410 e. The van der Waals surface area contributed by atoms with Gasteiger partial charge in [0.25, 0.3) is 0 Å². The highest BCUT2D eigenvalue weighted by Gasteiger charge is 2.37. The summed E-state index contributed by atoms with van der Waals surface area (Å²) in [5.41, 5.74) is -0.769. The van der Waals surface area contributed by atoms with Crippen molar-refractivity contribution in [2.45, 2.75) is 44.8 Å². The lowest BCUT2D eigenvalue weighted by atomic mass is 9.88. The maximum absolute atomic E-state index is 12.0. The number of aromatic nitrogens is 1. The Morgan fingerprint density at radius 1 is 1.35 bits per heavy atom. The number of likely N-dealkylation sites (tertiary alicyclic amines) is 1. The highest BCUT2D eigenvalue weighted by Crippen LogP contribution is 2.31. The highest BCUT2D eigenvalue weighted by atomic mass is 16.6. The van der Waals surface area contributed by atoms with Crippen LogP contribution in [-0.4, -0.2) is 39.8 Å². The molecule has 1 aliphatic heterocycles. The molecular formula is C15H22N2O3. The Balaban J connectivity index is 1.97. The molecule has 0 spiro atoms. The summed E-state index contributed by atoms with van der Waals surface area (Å²) in [5.74, 6) is 0. The zero-order valence-electron chi connectivity index (χ0n) is 12.3. The molecule has 1 N–H and O–H groups in total. The van der Waals surface area contributed by atoms with Gasteiger partial charge in [0.05, 0.1) is 5.69 Å². The Morgan fingerprint density at radius 2 is 2.00 bits per heavy atom. The lowest BCUT2D eigenvalue weighted by Crippen LogP contribution is -2.47. The van der Waals surface area contributed by atoms with Crippen molar-refractivity contribution in [1.29, 1.82) is 0 Å². The van der Waals surface area contributed by atoms with E-state index in [2.05, 4.69) is 4.98 Å². The third kappa shape index (κ3) is 3.48. The van der Waals surface area contributed by atoms with Crippen LogP contribution in [0.5, 0.6) is 0 Å². The summed E-state index contributed by atoms with van der Waals surface area (Å²) in [6.07, 6.45) is 2.31. The predicted molar refractivity (Wildman–Crippen MR) is 75.2 cm³/mol. The first-order valence-electron chi connectivity index (χ1n) is 6.92. The van der Waals surface area contributed by atoms with Crippen LogP contribution in [0.15, 0.2) is 24.4 Å². The number of nitrogens with zero attached hydrogens (tertiary/aromatic N) is 2. The number of amides is 1. The largest absolute Gasteiger partial charge is 0.444 e. The van der Waals surface area contributed by atoms with E-state index in [0.29, 0.717) is 31.6 Å². The van der Waals surface area contributed by atoms with E-state index in [1.807, 2.05) is 39.0 Å². The van der Waals surface area contributed by atoms with Gasteiger partial charge in [0.15, 0.2) is 0 Å². The van der Waals surface area contributed by atoms with Gasteiger partial charge in [-0.1, -0.05) is 6.07 Å². The van der Waals surface area contributed by atoms with Gasteiger partial charge >= 0.3 is 6.09 Å². The number of hydrogen-bond acceptors (Lipinski definition) is 4. The quantitative estimate of drug-likeness (QED) is 0.856. The fourth-order valence-corrected chi connectivity index (χ4v) is 2.28. The molecule has 0 aliphatic carbocycles. The van der Waals surface area contributed by atoms with Gasteiger partial charge in [-0.15, -0.1) is 0 Å². The van der Waals surface area contributed by atoms with E-state index in [4.69, 9.17) is 4.74 Å². The maximum atomic E-state index is 12.0. The Hall–Kier alpha value is -1.62. The van der Waals surface area contributed by atoms with Gasteiger partial charge in [-0.05, 0) is 45.7 Å². The predicted octanol–water partition coefficient (Wildman–Crippen LogP) is 2.30. The molecule has 0 unspecified atom stereocenters. The molecule has 5 heteroatoms. The van der Waals surface area contributed by atoms with Crippen LogP contribution in [0.4, 0.5) is 4.79 Å². The van der Waals surface area contributed by atoms with Crippen LogP contribution in [0.3, 0.4) is 0 Å². The van der Waals surface area contributed by atoms with Crippen molar-refractivity contribution in [1.82, 2.24) is 9.88 Å². The first-order chi connectivity index (χ1) is 9.30. The molecular weight excluding hydrogens is 256 g/mol. The molecule has 5 nitrogen and oxygen atoms in total. The average Bonchev–Trinajstić information content (AvgIpc) is 2.38. The number of ether oxygens (including phenoxy) is 1. The number of hydrogen-bond donors (Lipinski definition) is 1. The van der Waals surface area contributed by atoms with Crippen molar-refractivity contribution in [3.63, 3.8) is 0 Å². The van der Waals surface area contributed by atoms with Gasteiger partial charge < -0.3 is 14.7 Å². The van der Waals surface area contributed by atoms with Crippen molar-refractivity contribution in [3.05, 3.63) is 30.1 Å². The summed E-state index contributed by atoms with van der Waals surface area (Å²) in [7, 11) is 0. The van der Waals surface area contributed by atoms with E-state index in [0.717, 1.165) is 0 Å². The summed E-state index contributed by atoms with van der Waals surface area (Å²) >= 11 is 0. The SMILES string of the molecule is CC(C)(C)OC(=O)N1CCC(O)(c2ccccn2)CC1. The number of carbonyl (C=O) groups is 1. The van der Waals surface area contributed by atoms with Crippen molar-refractivity contribution in [2.75, 3.05) is 13.1 Å².